The van der Waals surface area contributed by atoms with Gasteiger partial charge in [0, 0.05) is 0 Å². The summed E-state index contributed by atoms with van der Waals surface area (Å²) in [6, 6.07) is -0.588. The van der Waals surface area contributed by atoms with Gasteiger partial charge in [0.15, 0.2) is 5.69 Å². The van der Waals surface area contributed by atoms with Crippen molar-refractivity contribution < 1.29 is 14.7 Å². The van der Waals surface area contributed by atoms with Crippen molar-refractivity contribution >= 4 is 17.7 Å². The second-order valence-electron chi connectivity index (χ2n) is 2.86. The maximum Gasteiger partial charge on any atom is 0.356 e. The number of carboxylic acids is 1. The molecule has 1 aromatic rings. The van der Waals surface area contributed by atoms with E-state index in [2.05, 4.69) is 15.3 Å². The van der Waals surface area contributed by atoms with Crippen molar-refractivity contribution in [2.24, 2.45) is 5.73 Å². The Kier molecular flexibility index (Phi) is 3.17. The molecule has 15 heavy (non-hydrogen) atoms. The summed E-state index contributed by atoms with van der Waals surface area (Å²) in [7, 11) is 0. The molecule has 1 unspecified atom stereocenters. The number of hydrogen-bond acceptors (Lipinski definition) is 5. The molecule has 0 aromatic carbocycles. The van der Waals surface area contributed by atoms with Crippen LogP contribution < -0.4 is 11.1 Å². The van der Waals surface area contributed by atoms with E-state index < -0.39 is 17.9 Å². The standard InChI is InChI=1S/C8H10N4O3/c1-4(7(9)13)12-6-3-10-5(2-11-6)8(14)15/h2-4H,1H3,(H2,9,13)(H,11,12)(H,14,15). The number of carbonyl (C=O) groups is 2. The van der Waals surface area contributed by atoms with Gasteiger partial charge >= 0.3 is 5.97 Å². The summed E-state index contributed by atoms with van der Waals surface area (Å²) in [5, 5.41) is 11.2. The summed E-state index contributed by atoms with van der Waals surface area (Å²) < 4.78 is 0. The Morgan fingerprint density at radius 2 is 2.13 bits per heavy atom. The number of aromatic nitrogens is 2. The monoisotopic (exact) mass is 210 g/mol. The number of nitrogens with one attached hydrogen (secondary N) is 1. The van der Waals surface area contributed by atoms with Crippen LogP contribution in [0.4, 0.5) is 5.82 Å². The second-order valence-corrected chi connectivity index (χ2v) is 2.86. The number of amides is 1. The van der Waals surface area contributed by atoms with Crippen LogP contribution in [-0.4, -0.2) is 33.0 Å². The van der Waals surface area contributed by atoms with Gasteiger partial charge in [-0.05, 0) is 6.92 Å². The summed E-state index contributed by atoms with van der Waals surface area (Å²) in [4.78, 5) is 28.5. The van der Waals surface area contributed by atoms with Crippen LogP contribution in [0.5, 0.6) is 0 Å². The first-order chi connectivity index (χ1) is 7.00. The molecule has 0 aliphatic carbocycles. The number of hydrogen-bond donors (Lipinski definition) is 3. The van der Waals surface area contributed by atoms with Crippen molar-refractivity contribution in [3.8, 4) is 0 Å². The number of nitrogens with two attached hydrogens (primary N) is 1. The lowest BCUT2D eigenvalue weighted by atomic mass is 10.3. The number of carboxylic acid groups (broad SMARTS) is 1. The van der Waals surface area contributed by atoms with Crippen LogP contribution in [0.15, 0.2) is 12.4 Å². The van der Waals surface area contributed by atoms with Crippen LogP contribution in [0.2, 0.25) is 0 Å². The van der Waals surface area contributed by atoms with Gasteiger partial charge in [0.05, 0.1) is 12.4 Å². The van der Waals surface area contributed by atoms with Gasteiger partial charge < -0.3 is 16.2 Å². The summed E-state index contributed by atoms with van der Waals surface area (Å²) >= 11 is 0. The molecule has 0 saturated heterocycles. The highest BCUT2D eigenvalue weighted by molar-refractivity contribution is 5.85. The van der Waals surface area contributed by atoms with Crippen LogP contribution in [0.1, 0.15) is 17.4 Å². The molecule has 0 radical (unpaired) electrons. The largest absolute Gasteiger partial charge is 0.476 e. The van der Waals surface area contributed by atoms with Gasteiger partial charge in [0.1, 0.15) is 11.9 Å². The third-order valence-electron chi connectivity index (χ3n) is 1.66. The van der Waals surface area contributed by atoms with E-state index in [0.29, 0.717) is 5.82 Å². The lowest BCUT2D eigenvalue weighted by molar-refractivity contribution is -0.118. The zero-order chi connectivity index (χ0) is 11.4. The number of rotatable bonds is 4. The Morgan fingerprint density at radius 1 is 1.47 bits per heavy atom. The molecule has 7 heteroatoms. The highest BCUT2D eigenvalue weighted by atomic mass is 16.4. The summed E-state index contributed by atoms with van der Waals surface area (Å²) in [6.07, 6.45) is 2.32. The fourth-order valence-corrected chi connectivity index (χ4v) is 0.806. The highest BCUT2D eigenvalue weighted by Gasteiger charge is 2.10. The van der Waals surface area contributed by atoms with Gasteiger partial charge in [-0.2, -0.15) is 0 Å². The van der Waals surface area contributed by atoms with E-state index in [-0.39, 0.29) is 5.69 Å². The predicted octanol–water partition coefficient (Wildman–Crippen LogP) is -0.540. The van der Waals surface area contributed by atoms with Crippen molar-refractivity contribution in [1.29, 1.82) is 0 Å². The van der Waals surface area contributed by atoms with Gasteiger partial charge in [0.25, 0.3) is 0 Å². The van der Waals surface area contributed by atoms with Crippen molar-refractivity contribution in [3.05, 3.63) is 18.1 Å². The molecule has 0 aliphatic rings. The van der Waals surface area contributed by atoms with E-state index in [1.807, 2.05) is 0 Å². The number of nitrogens with zero attached hydrogens (tertiary/aromatic N) is 2. The predicted molar refractivity (Wildman–Crippen MR) is 51.3 cm³/mol. The van der Waals surface area contributed by atoms with E-state index in [9.17, 15) is 9.59 Å². The third kappa shape index (κ3) is 2.90. The SMILES string of the molecule is CC(Nc1cnc(C(=O)O)cn1)C(N)=O. The Balaban J connectivity index is 2.72. The Labute approximate surface area is 85.3 Å². The van der Waals surface area contributed by atoms with Gasteiger partial charge in [-0.25, -0.2) is 14.8 Å². The van der Waals surface area contributed by atoms with Crippen LogP contribution in [0, 0.1) is 0 Å². The molecule has 0 fully saturated rings. The van der Waals surface area contributed by atoms with E-state index >= 15 is 0 Å². The number of anilines is 1. The van der Waals surface area contributed by atoms with E-state index in [4.69, 9.17) is 10.8 Å². The van der Waals surface area contributed by atoms with Crippen molar-refractivity contribution in [3.63, 3.8) is 0 Å². The number of aromatic carboxylic acids is 1. The topological polar surface area (TPSA) is 118 Å². The molecule has 1 aromatic heterocycles. The van der Waals surface area contributed by atoms with Gasteiger partial charge in [0.2, 0.25) is 5.91 Å². The average molecular weight is 210 g/mol. The quantitative estimate of drug-likeness (QED) is 0.614. The maximum atomic E-state index is 10.7. The minimum absolute atomic E-state index is 0.160. The average Bonchev–Trinajstić information content (AvgIpc) is 2.18. The number of carbonyl (C=O) groups excluding carboxylic acids is 1. The van der Waals surface area contributed by atoms with Gasteiger partial charge in [-0.1, -0.05) is 0 Å². The molecule has 0 spiro atoms. The molecule has 1 heterocycles. The Hall–Kier alpha value is -2.18. The van der Waals surface area contributed by atoms with Crippen LogP contribution in [0.3, 0.4) is 0 Å². The zero-order valence-electron chi connectivity index (χ0n) is 7.97. The number of primary amides is 1. The Morgan fingerprint density at radius 3 is 2.53 bits per heavy atom. The van der Waals surface area contributed by atoms with E-state index in [1.165, 1.54) is 6.20 Å². The minimum atomic E-state index is -1.16. The van der Waals surface area contributed by atoms with Gasteiger partial charge in [-0.3, -0.25) is 4.79 Å². The fraction of sp³-hybridized carbons (Fsp3) is 0.250. The van der Waals surface area contributed by atoms with Crippen LogP contribution in [0.25, 0.3) is 0 Å². The first-order valence-electron chi connectivity index (χ1n) is 4.12. The molecule has 7 nitrogen and oxygen atoms in total. The lowest BCUT2D eigenvalue weighted by Gasteiger charge is -2.09. The maximum absolute atomic E-state index is 10.7. The molecule has 4 N–H and O–H groups in total. The van der Waals surface area contributed by atoms with Crippen molar-refractivity contribution in [1.82, 2.24) is 9.97 Å². The fourth-order valence-electron chi connectivity index (χ4n) is 0.806. The minimum Gasteiger partial charge on any atom is -0.476 e. The van der Waals surface area contributed by atoms with E-state index in [0.717, 1.165) is 6.20 Å². The molecule has 0 bridgehead atoms. The Bertz CT molecular complexity index is 376. The molecule has 1 atom stereocenters. The van der Waals surface area contributed by atoms with Crippen molar-refractivity contribution in [2.45, 2.75) is 13.0 Å². The molecular weight excluding hydrogens is 200 g/mol. The molecule has 1 rings (SSSR count). The molecule has 0 aliphatic heterocycles. The molecule has 0 saturated carbocycles. The normalized spacial score (nSPS) is 11.8. The molecule has 80 valence electrons. The molecular formula is C8H10N4O3. The zero-order valence-corrected chi connectivity index (χ0v) is 7.97. The first kappa shape index (κ1) is 10.9. The summed E-state index contributed by atoms with van der Waals surface area (Å²) in [5.74, 6) is -1.39. The smallest absolute Gasteiger partial charge is 0.356 e. The van der Waals surface area contributed by atoms with Crippen molar-refractivity contribution in [2.75, 3.05) is 5.32 Å². The molecule has 1 amide bonds. The van der Waals surface area contributed by atoms with E-state index in [1.54, 1.807) is 6.92 Å². The van der Waals surface area contributed by atoms with Crippen LogP contribution in [-0.2, 0) is 4.79 Å². The summed E-state index contributed by atoms with van der Waals surface area (Å²) in [5.41, 5.74) is 4.86. The summed E-state index contributed by atoms with van der Waals surface area (Å²) in [6.45, 7) is 1.56. The lowest BCUT2D eigenvalue weighted by Crippen LogP contribution is -2.32. The van der Waals surface area contributed by atoms with Crippen LogP contribution >= 0.6 is 0 Å². The van der Waals surface area contributed by atoms with Gasteiger partial charge in [-0.15, -0.1) is 0 Å². The highest BCUT2D eigenvalue weighted by Crippen LogP contribution is 2.02. The third-order valence-corrected chi connectivity index (χ3v) is 1.66. The first-order valence-corrected chi connectivity index (χ1v) is 4.12. The second kappa shape index (κ2) is 4.36.